The van der Waals surface area contributed by atoms with E-state index >= 15 is 0 Å². The summed E-state index contributed by atoms with van der Waals surface area (Å²) in [5.41, 5.74) is 0. The molecule has 0 fully saturated rings. The van der Waals surface area contributed by atoms with Gasteiger partial charge in [-0.3, -0.25) is 9.59 Å². The first-order valence-electron chi connectivity index (χ1n) is 4.69. The Morgan fingerprint density at radius 2 is 1.38 bits per heavy atom. The summed E-state index contributed by atoms with van der Waals surface area (Å²) >= 11 is 0. The maximum absolute atomic E-state index is 11.3. The van der Waals surface area contributed by atoms with E-state index in [9.17, 15) is 24.9 Å². The lowest BCUT2D eigenvalue weighted by molar-refractivity contribution is -0.155. The van der Waals surface area contributed by atoms with E-state index in [-0.39, 0.29) is 0 Å². The van der Waals surface area contributed by atoms with Crippen molar-refractivity contribution < 1.29 is 35.1 Å². The molecule has 5 N–H and O–H groups in total. The number of Topliss-reactive ketones (excluding diaryl/α,β-unsaturated/α-hetero) is 1. The molecule has 0 unspecified atom stereocenters. The van der Waals surface area contributed by atoms with Gasteiger partial charge in [-0.1, -0.05) is 0 Å². The average molecular weight is 236 g/mol. The highest BCUT2D eigenvalue weighted by Gasteiger charge is 2.36. The van der Waals surface area contributed by atoms with Crippen LogP contribution in [0.3, 0.4) is 0 Å². The van der Waals surface area contributed by atoms with E-state index in [1.54, 1.807) is 0 Å². The quantitative estimate of drug-likeness (QED) is 0.328. The molecule has 0 aromatic carbocycles. The zero-order chi connectivity index (χ0) is 13.0. The molecule has 0 heterocycles. The van der Waals surface area contributed by atoms with Crippen LogP contribution in [-0.2, 0) is 9.59 Å². The van der Waals surface area contributed by atoms with Gasteiger partial charge in [0.05, 0.1) is 6.10 Å². The minimum absolute atomic E-state index is 1.05. The number of hydrogen-bond acceptors (Lipinski definition) is 6. The molecule has 0 radical (unpaired) electrons. The van der Waals surface area contributed by atoms with Crippen LogP contribution in [0, 0.1) is 5.92 Å². The van der Waals surface area contributed by atoms with Crippen LogP contribution < -0.4 is 0 Å². The number of aliphatic carboxylic acids is 1. The van der Waals surface area contributed by atoms with Crippen LogP contribution in [0.1, 0.15) is 13.8 Å². The minimum atomic E-state index is -2.05. The SMILES string of the molecule is C[C@@H](C(=O)O)C(=O)[C@H](O)[C@H](O)[C@@H](O)[C@H](C)O. The Balaban J connectivity index is 4.61. The van der Waals surface area contributed by atoms with Crippen LogP contribution in [0.25, 0.3) is 0 Å². The molecule has 16 heavy (non-hydrogen) atoms. The first kappa shape index (κ1) is 15.0. The van der Waals surface area contributed by atoms with Gasteiger partial charge in [0.25, 0.3) is 0 Å². The van der Waals surface area contributed by atoms with Crippen LogP contribution in [0.2, 0.25) is 0 Å². The molecule has 0 aromatic heterocycles. The summed E-state index contributed by atoms with van der Waals surface area (Å²) in [6, 6.07) is 0. The molecule has 0 saturated carbocycles. The van der Waals surface area contributed by atoms with Gasteiger partial charge >= 0.3 is 5.97 Å². The molecular weight excluding hydrogens is 220 g/mol. The summed E-state index contributed by atoms with van der Waals surface area (Å²) in [5, 5.41) is 45.2. The van der Waals surface area contributed by atoms with E-state index in [4.69, 9.17) is 10.2 Å². The van der Waals surface area contributed by atoms with Crippen molar-refractivity contribution >= 4 is 11.8 Å². The molecule has 7 nitrogen and oxygen atoms in total. The Labute approximate surface area is 92.0 Å². The molecular formula is C9H16O7. The standard InChI is InChI=1S/C9H16O7/c1-3(9(15)16)5(11)7(13)8(14)6(12)4(2)10/h3-4,6-8,10,12-14H,1-2H3,(H,15,16)/t3-,4+,6+,7+,8-/m1/s1. The number of carbonyl (C=O) groups is 2. The van der Waals surface area contributed by atoms with Crippen molar-refractivity contribution in [3.05, 3.63) is 0 Å². The van der Waals surface area contributed by atoms with Crippen molar-refractivity contribution in [2.24, 2.45) is 5.92 Å². The van der Waals surface area contributed by atoms with Crippen molar-refractivity contribution in [2.45, 2.75) is 38.3 Å². The number of aliphatic hydroxyl groups excluding tert-OH is 4. The normalized spacial score (nSPS) is 20.6. The van der Waals surface area contributed by atoms with E-state index in [2.05, 4.69) is 0 Å². The highest BCUT2D eigenvalue weighted by Crippen LogP contribution is 2.10. The van der Waals surface area contributed by atoms with Gasteiger partial charge in [-0.25, -0.2) is 0 Å². The Hall–Kier alpha value is -1.02. The summed E-state index contributed by atoms with van der Waals surface area (Å²) in [6.07, 6.45) is -7.04. The van der Waals surface area contributed by atoms with E-state index in [0.717, 1.165) is 13.8 Å². The van der Waals surface area contributed by atoms with Gasteiger partial charge in [-0.05, 0) is 13.8 Å². The van der Waals surface area contributed by atoms with Gasteiger partial charge in [0.2, 0.25) is 0 Å². The van der Waals surface area contributed by atoms with E-state index < -0.39 is 42.1 Å². The van der Waals surface area contributed by atoms with Gasteiger partial charge < -0.3 is 25.5 Å². The highest BCUT2D eigenvalue weighted by molar-refractivity contribution is 6.00. The summed E-state index contributed by atoms with van der Waals surface area (Å²) in [5.74, 6) is -4.06. The maximum atomic E-state index is 11.3. The van der Waals surface area contributed by atoms with E-state index in [1.807, 2.05) is 0 Å². The second-order valence-electron chi connectivity index (χ2n) is 3.63. The summed E-state index contributed by atoms with van der Waals surface area (Å²) in [4.78, 5) is 21.7. The molecule has 0 amide bonds. The van der Waals surface area contributed by atoms with Gasteiger partial charge in [0, 0.05) is 0 Å². The van der Waals surface area contributed by atoms with Crippen LogP contribution in [0.15, 0.2) is 0 Å². The summed E-state index contributed by atoms with van der Waals surface area (Å²) < 4.78 is 0. The van der Waals surface area contributed by atoms with Gasteiger partial charge in [0.15, 0.2) is 5.78 Å². The van der Waals surface area contributed by atoms with Crippen molar-refractivity contribution in [2.75, 3.05) is 0 Å². The molecule has 5 atom stereocenters. The Bertz CT molecular complexity index is 263. The average Bonchev–Trinajstić information content (AvgIpc) is 2.23. The maximum Gasteiger partial charge on any atom is 0.313 e. The number of hydrogen-bond donors (Lipinski definition) is 5. The lowest BCUT2D eigenvalue weighted by Crippen LogP contribution is -2.48. The fraction of sp³-hybridized carbons (Fsp3) is 0.778. The molecule has 0 spiro atoms. The molecule has 0 aliphatic heterocycles. The fourth-order valence-electron chi connectivity index (χ4n) is 1.02. The number of carboxylic acid groups (broad SMARTS) is 1. The Kier molecular flexibility index (Phi) is 5.52. The van der Waals surface area contributed by atoms with Crippen molar-refractivity contribution in [3.63, 3.8) is 0 Å². The number of carbonyl (C=O) groups excluding carboxylic acids is 1. The van der Waals surface area contributed by atoms with Crippen molar-refractivity contribution in [1.82, 2.24) is 0 Å². The van der Waals surface area contributed by atoms with E-state index in [0.29, 0.717) is 0 Å². The molecule has 7 heteroatoms. The van der Waals surface area contributed by atoms with Crippen molar-refractivity contribution in [3.8, 4) is 0 Å². The lowest BCUT2D eigenvalue weighted by Gasteiger charge is -2.24. The zero-order valence-corrected chi connectivity index (χ0v) is 8.94. The molecule has 0 aliphatic carbocycles. The number of carboxylic acids is 1. The third kappa shape index (κ3) is 3.53. The Morgan fingerprint density at radius 3 is 1.69 bits per heavy atom. The van der Waals surface area contributed by atoms with E-state index in [1.165, 1.54) is 0 Å². The number of rotatable bonds is 6. The van der Waals surface area contributed by atoms with Crippen LogP contribution in [0.4, 0.5) is 0 Å². The summed E-state index contributed by atoms with van der Waals surface area (Å²) in [7, 11) is 0. The topological polar surface area (TPSA) is 135 Å². The zero-order valence-electron chi connectivity index (χ0n) is 8.94. The number of ketones is 1. The van der Waals surface area contributed by atoms with Gasteiger partial charge in [-0.15, -0.1) is 0 Å². The lowest BCUT2D eigenvalue weighted by atomic mass is 9.94. The Morgan fingerprint density at radius 1 is 0.938 bits per heavy atom. The monoisotopic (exact) mass is 236 g/mol. The van der Waals surface area contributed by atoms with Crippen molar-refractivity contribution in [1.29, 1.82) is 0 Å². The largest absolute Gasteiger partial charge is 0.481 e. The molecule has 94 valence electrons. The predicted octanol–water partition coefficient (Wildman–Crippen LogP) is -2.26. The third-order valence-corrected chi connectivity index (χ3v) is 2.26. The molecule has 0 aliphatic rings. The smallest absolute Gasteiger partial charge is 0.313 e. The van der Waals surface area contributed by atoms with Crippen LogP contribution in [0.5, 0.6) is 0 Å². The molecule has 0 rings (SSSR count). The first-order chi connectivity index (χ1) is 7.20. The minimum Gasteiger partial charge on any atom is -0.481 e. The van der Waals surface area contributed by atoms with Crippen LogP contribution >= 0.6 is 0 Å². The second-order valence-corrected chi connectivity index (χ2v) is 3.63. The number of aliphatic hydroxyl groups is 4. The second kappa shape index (κ2) is 5.90. The first-order valence-corrected chi connectivity index (χ1v) is 4.69. The predicted molar refractivity (Wildman–Crippen MR) is 51.5 cm³/mol. The molecule has 0 saturated heterocycles. The fourth-order valence-corrected chi connectivity index (χ4v) is 1.02. The van der Waals surface area contributed by atoms with Gasteiger partial charge in [0.1, 0.15) is 24.2 Å². The highest BCUT2D eigenvalue weighted by atomic mass is 16.4. The van der Waals surface area contributed by atoms with Crippen LogP contribution in [-0.4, -0.2) is 61.7 Å². The summed E-state index contributed by atoms with van der Waals surface area (Å²) in [6.45, 7) is 2.21. The molecule has 0 bridgehead atoms. The molecule has 0 aromatic rings. The third-order valence-electron chi connectivity index (χ3n) is 2.26. The van der Waals surface area contributed by atoms with Gasteiger partial charge in [-0.2, -0.15) is 0 Å².